The monoisotopic (exact) mass is 450 g/mol. The molecule has 2 aromatic carbocycles. The maximum atomic E-state index is 13.9. The molecule has 2 aromatic rings. The van der Waals surface area contributed by atoms with Crippen LogP contribution in [0, 0.1) is 31.4 Å². The zero-order chi connectivity index (χ0) is 22.6. The van der Waals surface area contributed by atoms with Gasteiger partial charge in [0.15, 0.2) is 0 Å². The highest BCUT2D eigenvalue weighted by Crippen LogP contribution is 2.26. The number of hydrogen-bond donors (Lipinski definition) is 1. The van der Waals surface area contributed by atoms with Crippen molar-refractivity contribution in [2.75, 3.05) is 19.6 Å². The average molecular weight is 451 g/mol. The van der Waals surface area contributed by atoms with Gasteiger partial charge in [0, 0.05) is 25.6 Å². The van der Waals surface area contributed by atoms with Gasteiger partial charge in [0.25, 0.3) is 0 Å². The number of hydrogen-bond acceptors (Lipinski definition) is 3. The molecule has 5 nitrogen and oxygen atoms in total. The largest absolute Gasteiger partial charge is 0.356 e. The molecule has 0 aliphatic carbocycles. The maximum Gasteiger partial charge on any atom is 0.246 e. The van der Waals surface area contributed by atoms with Crippen LogP contribution in [0.5, 0.6) is 0 Å². The third-order valence-corrected chi connectivity index (χ3v) is 7.67. The molecule has 0 saturated carbocycles. The first-order valence-electron chi connectivity index (χ1n) is 10.5. The summed E-state index contributed by atoms with van der Waals surface area (Å²) in [5, 5.41) is 2.94. The van der Waals surface area contributed by atoms with Gasteiger partial charge in [-0.15, -0.1) is 0 Å². The lowest BCUT2D eigenvalue weighted by Gasteiger charge is -2.30. The summed E-state index contributed by atoms with van der Waals surface area (Å²) in [6, 6.07) is 8.72. The van der Waals surface area contributed by atoms with Gasteiger partial charge in [-0.05, 0) is 68.9 Å². The Bertz CT molecular complexity index is 1050. The number of carbonyl (C=O) groups excluding carboxylic acids is 1. The second-order valence-corrected chi connectivity index (χ2v) is 9.98. The standard InChI is InChI=1S/C23H28F2N2O3S/c1-16-5-6-18(17(2)14-16)4-3-11-26-23(28)19-9-12-27(13-10-19)31(29,30)22-15-20(24)7-8-21(22)25/h5-8,14-15,19H,3-4,9-13H2,1-2H3,(H,26,28). The molecule has 31 heavy (non-hydrogen) atoms. The number of nitrogens with one attached hydrogen (secondary N) is 1. The van der Waals surface area contributed by atoms with Gasteiger partial charge < -0.3 is 5.32 Å². The molecule has 168 valence electrons. The van der Waals surface area contributed by atoms with Gasteiger partial charge in [0.1, 0.15) is 16.5 Å². The van der Waals surface area contributed by atoms with Crippen molar-refractivity contribution in [3.8, 4) is 0 Å². The summed E-state index contributed by atoms with van der Waals surface area (Å²) >= 11 is 0. The molecule has 0 atom stereocenters. The average Bonchev–Trinajstić information content (AvgIpc) is 2.74. The van der Waals surface area contributed by atoms with Gasteiger partial charge in [0.2, 0.25) is 15.9 Å². The summed E-state index contributed by atoms with van der Waals surface area (Å²) in [4.78, 5) is 11.8. The van der Waals surface area contributed by atoms with Crippen molar-refractivity contribution in [2.45, 2.75) is 44.4 Å². The summed E-state index contributed by atoms with van der Waals surface area (Å²) in [6.07, 6.45) is 2.39. The summed E-state index contributed by atoms with van der Waals surface area (Å²) in [5.41, 5.74) is 3.74. The van der Waals surface area contributed by atoms with Gasteiger partial charge in [0.05, 0.1) is 0 Å². The minimum Gasteiger partial charge on any atom is -0.356 e. The van der Waals surface area contributed by atoms with Crippen molar-refractivity contribution >= 4 is 15.9 Å². The zero-order valence-corrected chi connectivity index (χ0v) is 18.6. The molecule has 1 aliphatic heterocycles. The van der Waals surface area contributed by atoms with Crippen LogP contribution in [-0.4, -0.2) is 38.3 Å². The Morgan fingerprint density at radius 2 is 1.81 bits per heavy atom. The number of halogens is 2. The fourth-order valence-corrected chi connectivity index (χ4v) is 5.48. The number of benzene rings is 2. The Hall–Kier alpha value is -2.32. The zero-order valence-electron chi connectivity index (χ0n) is 17.8. The predicted octanol–water partition coefficient (Wildman–Crippen LogP) is 3.73. The molecule has 1 heterocycles. The van der Waals surface area contributed by atoms with Crippen molar-refractivity contribution < 1.29 is 22.0 Å². The fraction of sp³-hybridized carbons (Fsp3) is 0.435. The quantitative estimate of drug-likeness (QED) is 0.654. The number of piperidine rings is 1. The molecule has 0 spiro atoms. The molecule has 1 saturated heterocycles. The Morgan fingerprint density at radius 1 is 1.10 bits per heavy atom. The number of nitrogens with zero attached hydrogens (tertiary/aromatic N) is 1. The van der Waals surface area contributed by atoms with Crippen molar-refractivity contribution in [1.29, 1.82) is 0 Å². The normalized spacial score (nSPS) is 15.7. The van der Waals surface area contributed by atoms with Gasteiger partial charge in [-0.2, -0.15) is 4.31 Å². The van der Waals surface area contributed by atoms with Crippen molar-refractivity contribution in [1.82, 2.24) is 9.62 Å². The van der Waals surface area contributed by atoms with Crippen LogP contribution in [0.25, 0.3) is 0 Å². The highest BCUT2D eigenvalue weighted by atomic mass is 32.2. The third-order valence-electron chi connectivity index (χ3n) is 5.76. The number of sulfonamides is 1. The van der Waals surface area contributed by atoms with Crippen LogP contribution in [0.3, 0.4) is 0 Å². The van der Waals surface area contributed by atoms with E-state index in [0.29, 0.717) is 25.5 Å². The minimum absolute atomic E-state index is 0.0883. The van der Waals surface area contributed by atoms with E-state index in [1.165, 1.54) is 16.7 Å². The van der Waals surface area contributed by atoms with E-state index in [1.807, 2.05) is 0 Å². The van der Waals surface area contributed by atoms with Crippen LogP contribution in [0.4, 0.5) is 8.78 Å². The molecule has 1 fully saturated rings. The topological polar surface area (TPSA) is 66.5 Å². The molecule has 0 radical (unpaired) electrons. The number of amides is 1. The smallest absolute Gasteiger partial charge is 0.246 e. The van der Waals surface area contributed by atoms with Gasteiger partial charge in [-0.3, -0.25) is 4.79 Å². The van der Waals surface area contributed by atoms with Crippen molar-refractivity contribution in [2.24, 2.45) is 5.92 Å². The lowest BCUT2D eigenvalue weighted by molar-refractivity contribution is -0.126. The van der Waals surface area contributed by atoms with E-state index in [9.17, 15) is 22.0 Å². The molecule has 0 aromatic heterocycles. The lowest BCUT2D eigenvalue weighted by atomic mass is 9.97. The fourth-order valence-electron chi connectivity index (χ4n) is 3.93. The molecule has 3 rings (SSSR count). The van der Waals surface area contributed by atoms with E-state index in [4.69, 9.17) is 0 Å². The van der Waals surface area contributed by atoms with E-state index >= 15 is 0 Å². The highest BCUT2D eigenvalue weighted by molar-refractivity contribution is 7.89. The molecule has 1 amide bonds. The molecule has 0 unspecified atom stereocenters. The summed E-state index contributed by atoms with van der Waals surface area (Å²) in [5.74, 6) is -2.17. The third kappa shape index (κ3) is 5.68. The Morgan fingerprint density at radius 3 is 2.48 bits per heavy atom. The Labute approximate surface area is 182 Å². The minimum atomic E-state index is -4.14. The van der Waals surface area contributed by atoms with Crippen LogP contribution in [-0.2, 0) is 21.2 Å². The van der Waals surface area contributed by atoms with Gasteiger partial charge in [-0.1, -0.05) is 23.8 Å². The molecule has 1 N–H and O–H groups in total. The summed E-state index contributed by atoms with van der Waals surface area (Å²) < 4.78 is 53.8. The van der Waals surface area contributed by atoms with E-state index in [-0.39, 0.29) is 24.9 Å². The molecular weight excluding hydrogens is 422 g/mol. The number of rotatable bonds is 7. The van der Waals surface area contributed by atoms with E-state index in [2.05, 4.69) is 37.4 Å². The predicted molar refractivity (Wildman–Crippen MR) is 115 cm³/mol. The van der Waals surface area contributed by atoms with E-state index in [0.717, 1.165) is 29.3 Å². The van der Waals surface area contributed by atoms with Crippen LogP contribution in [0.2, 0.25) is 0 Å². The molecule has 0 bridgehead atoms. The van der Waals surface area contributed by atoms with Gasteiger partial charge >= 0.3 is 0 Å². The SMILES string of the molecule is Cc1ccc(CCCNC(=O)C2CCN(S(=O)(=O)c3cc(F)ccc3F)CC2)c(C)c1. The second kappa shape index (κ2) is 9.87. The molecule has 1 aliphatic rings. The first kappa shape index (κ1) is 23.3. The van der Waals surface area contributed by atoms with E-state index < -0.39 is 26.6 Å². The Kier molecular flexibility index (Phi) is 7.43. The first-order valence-corrected chi connectivity index (χ1v) is 11.9. The first-order chi connectivity index (χ1) is 14.7. The molecular formula is C23H28F2N2O3S. The van der Waals surface area contributed by atoms with Crippen LogP contribution < -0.4 is 5.32 Å². The number of carbonyl (C=O) groups is 1. The highest BCUT2D eigenvalue weighted by Gasteiger charge is 2.33. The van der Waals surface area contributed by atoms with Gasteiger partial charge in [-0.25, -0.2) is 17.2 Å². The van der Waals surface area contributed by atoms with Crippen LogP contribution >= 0.6 is 0 Å². The van der Waals surface area contributed by atoms with Crippen LogP contribution in [0.1, 0.15) is 36.0 Å². The van der Waals surface area contributed by atoms with E-state index in [1.54, 1.807) is 0 Å². The van der Waals surface area contributed by atoms with Crippen LogP contribution in [0.15, 0.2) is 41.3 Å². The maximum absolute atomic E-state index is 13.9. The summed E-state index contributed by atoms with van der Waals surface area (Å²) in [7, 11) is -4.14. The molecule has 8 heteroatoms. The second-order valence-electron chi connectivity index (χ2n) is 8.08. The Balaban J connectivity index is 1.47. The summed E-state index contributed by atoms with van der Waals surface area (Å²) in [6.45, 7) is 4.89. The number of aryl methyl sites for hydroxylation is 3. The van der Waals surface area contributed by atoms with Crippen molar-refractivity contribution in [3.63, 3.8) is 0 Å². The van der Waals surface area contributed by atoms with Crippen molar-refractivity contribution in [3.05, 3.63) is 64.7 Å². The lowest BCUT2D eigenvalue weighted by Crippen LogP contribution is -2.43.